The van der Waals surface area contributed by atoms with Crippen LogP contribution in [0.3, 0.4) is 0 Å². The van der Waals surface area contributed by atoms with Crippen LogP contribution in [0.15, 0.2) is 55.2 Å². The van der Waals surface area contributed by atoms with Crippen LogP contribution in [0, 0.1) is 12.3 Å². The lowest BCUT2D eigenvalue weighted by Gasteiger charge is -2.41. The monoisotopic (exact) mass is 621 g/mol. The smallest absolute Gasteiger partial charge is 0.337 e. The number of benzene rings is 1. The van der Waals surface area contributed by atoms with Crippen molar-refractivity contribution in [1.29, 1.82) is 0 Å². The standard InChI is InChI=1S/C36H43N7O3/c1-23-30(32(33(44)45)46-35(2,3)4)31(42-17-11-36(5,6)12-18-42)27(20-40-23)25-7-8-26-22-43(16-10-24(26)19-25)34-39-13-9-28(41-34)29-21-37-14-15-38-29/h7-9,13-15,19-21,32H,10-12,16-18,22H2,1-6H3,(H,44,45). The van der Waals surface area contributed by atoms with Crippen LogP contribution in [-0.4, -0.2) is 61.2 Å². The molecule has 1 aromatic carbocycles. The number of fused-ring (bicyclic) bond motifs is 1. The predicted octanol–water partition coefficient (Wildman–Crippen LogP) is 6.43. The van der Waals surface area contributed by atoms with Crippen LogP contribution in [0.1, 0.15) is 75.9 Å². The molecule has 5 heterocycles. The van der Waals surface area contributed by atoms with E-state index in [1.807, 2.05) is 40.0 Å². The van der Waals surface area contributed by atoms with Gasteiger partial charge in [0.05, 0.1) is 23.2 Å². The third-order valence-corrected chi connectivity index (χ3v) is 8.96. The number of aromatic nitrogens is 5. The largest absolute Gasteiger partial charge is 0.479 e. The van der Waals surface area contributed by atoms with Gasteiger partial charge in [0, 0.05) is 67.8 Å². The van der Waals surface area contributed by atoms with Gasteiger partial charge in [-0.05, 0) is 75.1 Å². The minimum absolute atomic E-state index is 0.239. The van der Waals surface area contributed by atoms with Gasteiger partial charge in [-0.25, -0.2) is 14.8 Å². The number of aryl methyl sites for hydroxylation is 1. The van der Waals surface area contributed by atoms with E-state index < -0.39 is 17.7 Å². The lowest BCUT2D eigenvalue weighted by atomic mass is 9.82. The molecule has 0 saturated carbocycles. The van der Waals surface area contributed by atoms with Crippen LogP contribution in [0.25, 0.3) is 22.5 Å². The van der Waals surface area contributed by atoms with Gasteiger partial charge < -0.3 is 19.6 Å². The van der Waals surface area contributed by atoms with Gasteiger partial charge >= 0.3 is 5.97 Å². The molecule has 46 heavy (non-hydrogen) atoms. The van der Waals surface area contributed by atoms with Gasteiger partial charge in [0.1, 0.15) is 5.69 Å². The minimum atomic E-state index is -1.14. The van der Waals surface area contributed by atoms with Crippen molar-refractivity contribution in [3.05, 3.63) is 77.6 Å². The van der Waals surface area contributed by atoms with E-state index in [1.54, 1.807) is 24.8 Å². The molecule has 2 aliphatic heterocycles. The molecule has 1 unspecified atom stereocenters. The number of nitrogens with zero attached hydrogens (tertiary/aromatic N) is 7. The summed E-state index contributed by atoms with van der Waals surface area (Å²) < 4.78 is 6.22. The van der Waals surface area contributed by atoms with Gasteiger partial charge in [0.2, 0.25) is 5.95 Å². The number of carboxylic acid groups (broad SMARTS) is 1. The maximum absolute atomic E-state index is 12.8. The Labute approximate surface area is 270 Å². The zero-order valence-corrected chi connectivity index (χ0v) is 27.6. The van der Waals surface area contributed by atoms with E-state index in [-0.39, 0.29) is 5.41 Å². The van der Waals surface area contributed by atoms with E-state index in [0.29, 0.717) is 29.4 Å². The molecule has 240 valence electrons. The molecule has 3 aromatic heterocycles. The Morgan fingerprint density at radius 2 is 1.72 bits per heavy atom. The number of hydrogen-bond acceptors (Lipinski definition) is 9. The Balaban J connectivity index is 1.36. The highest BCUT2D eigenvalue weighted by atomic mass is 16.5. The number of piperidine rings is 1. The number of ether oxygens (including phenoxy) is 1. The third kappa shape index (κ3) is 6.72. The van der Waals surface area contributed by atoms with Gasteiger partial charge in [-0.3, -0.25) is 15.0 Å². The number of hydrogen-bond donors (Lipinski definition) is 1. The van der Waals surface area contributed by atoms with Gasteiger partial charge in [0.25, 0.3) is 0 Å². The van der Waals surface area contributed by atoms with Crippen LogP contribution >= 0.6 is 0 Å². The van der Waals surface area contributed by atoms with E-state index >= 15 is 0 Å². The normalized spacial score (nSPS) is 17.0. The highest BCUT2D eigenvalue weighted by Gasteiger charge is 2.36. The molecule has 0 amide bonds. The second kappa shape index (κ2) is 12.4. The Bertz CT molecular complexity index is 1730. The summed E-state index contributed by atoms with van der Waals surface area (Å²) in [5.74, 6) is -0.342. The first kappa shape index (κ1) is 31.5. The van der Waals surface area contributed by atoms with Gasteiger partial charge in [0.15, 0.2) is 6.10 Å². The van der Waals surface area contributed by atoms with E-state index in [0.717, 1.165) is 61.4 Å². The molecule has 1 saturated heterocycles. The summed E-state index contributed by atoms with van der Waals surface area (Å²) in [6.45, 7) is 15.3. The van der Waals surface area contributed by atoms with Gasteiger partial charge in [-0.2, -0.15) is 0 Å². The van der Waals surface area contributed by atoms with Crippen LogP contribution in [-0.2, 0) is 22.5 Å². The average molecular weight is 622 g/mol. The summed E-state index contributed by atoms with van der Waals surface area (Å²) in [6.07, 6.45) is 10.4. The Kier molecular flexibility index (Phi) is 8.50. The number of aliphatic carboxylic acids is 1. The summed E-state index contributed by atoms with van der Waals surface area (Å²) in [4.78, 5) is 40.0. The summed E-state index contributed by atoms with van der Waals surface area (Å²) >= 11 is 0. The average Bonchev–Trinajstić information content (AvgIpc) is 3.03. The topological polar surface area (TPSA) is 117 Å². The zero-order valence-electron chi connectivity index (χ0n) is 27.6. The minimum Gasteiger partial charge on any atom is -0.479 e. The van der Waals surface area contributed by atoms with Crippen molar-refractivity contribution in [3.8, 4) is 22.5 Å². The lowest BCUT2D eigenvalue weighted by Crippen LogP contribution is -2.39. The van der Waals surface area contributed by atoms with Crippen molar-refractivity contribution in [2.24, 2.45) is 5.41 Å². The molecule has 2 aliphatic rings. The molecule has 6 rings (SSSR count). The molecule has 0 aliphatic carbocycles. The summed E-state index contributed by atoms with van der Waals surface area (Å²) in [5, 5.41) is 10.4. The second-order valence-electron chi connectivity index (χ2n) is 14.1. The molecule has 1 N–H and O–H groups in total. The SMILES string of the molecule is Cc1ncc(-c2ccc3c(c2)CCN(c2nccc(-c4cnccn4)n2)C3)c(N2CCC(C)(C)CC2)c1C(OC(C)(C)C)C(=O)O. The molecule has 0 bridgehead atoms. The first-order valence-corrected chi connectivity index (χ1v) is 16.0. The van der Waals surface area contributed by atoms with E-state index in [4.69, 9.17) is 14.7 Å². The zero-order chi connectivity index (χ0) is 32.6. The van der Waals surface area contributed by atoms with Crippen molar-refractivity contribution in [1.82, 2.24) is 24.9 Å². The highest BCUT2D eigenvalue weighted by molar-refractivity contribution is 5.86. The van der Waals surface area contributed by atoms with E-state index in [1.165, 1.54) is 11.1 Å². The van der Waals surface area contributed by atoms with Gasteiger partial charge in [-0.15, -0.1) is 0 Å². The first-order chi connectivity index (χ1) is 21.9. The van der Waals surface area contributed by atoms with E-state index in [2.05, 4.69) is 56.8 Å². The van der Waals surface area contributed by atoms with Crippen LogP contribution < -0.4 is 9.80 Å². The molecule has 4 aromatic rings. The maximum Gasteiger partial charge on any atom is 0.337 e. The van der Waals surface area contributed by atoms with Gasteiger partial charge in [-0.1, -0.05) is 32.0 Å². The van der Waals surface area contributed by atoms with Crippen LogP contribution in [0.4, 0.5) is 11.6 Å². The number of carbonyl (C=O) groups is 1. The molecule has 10 nitrogen and oxygen atoms in total. The van der Waals surface area contributed by atoms with Crippen molar-refractivity contribution in [2.45, 2.75) is 79.1 Å². The van der Waals surface area contributed by atoms with Crippen molar-refractivity contribution < 1.29 is 14.6 Å². The molecule has 1 fully saturated rings. The molecule has 0 spiro atoms. The summed E-state index contributed by atoms with van der Waals surface area (Å²) in [6, 6.07) is 8.40. The van der Waals surface area contributed by atoms with Crippen molar-refractivity contribution >= 4 is 17.6 Å². The third-order valence-electron chi connectivity index (χ3n) is 8.96. The second-order valence-corrected chi connectivity index (χ2v) is 14.1. The fraction of sp³-hybridized carbons (Fsp3) is 0.444. The number of rotatable bonds is 7. The lowest BCUT2D eigenvalue weighted by molar-refractivity contribution is -0.160. The Morgan fingerprint density at radius 1 is 0.935 bits per heavy atom. The molecule has 1 atom stereocenters. The highest BCUT2D eigenvalue weighted by Crippen LogP contribution is 2.44. The summed E-state index contributed by atoms with van der Waals surface area (Å²) in [7, 11) is 0. The van der Waals surface area contributed by atoms with Crippen LogP contribution in [0.2, 0.25) is 0 Å². The quantitative estimate of drug-likeness (QED) is 0.247. The van der Waals surface area contributed by atoms with Crippen molar-refractivity contribution in [2.75, 3.05) is 29.4 Å². The maximum atomic E-state index is 12.8. The van der Waals surface area contributed by atoms with Crippen molar-refractivity contribution in [3.63, 3.8) is 0 Å². The number of anilines is 2. The van der Waals surface area contributed by atoms with E-state index in [9.17, 15) is 9.90 Å². The Hall–Kier alpha value is -4.44. The molecule has 10 heteroatoms. The molecular formula is C36H43N7O3. The number of pyridine rings is 1. The first-order valence-electron chi connectivity index (χ1n) is 16.0. The molecular weight excluding hydrogens is 578 g/mol. The predicted molar refractivity (Wildman–Crippen MR) is 179 cm³/mol. The molecule has 0 radical (unpaired) electrons. The van der Waals surface area contributed by atoms with Crippen LogP contribution in [0.5, 0.6) is 0 Å². The summed E-state index contributed by atoms with van der Waals surface area (Å²) in [5.41, 5.74) is 7.72. The number of carboxylic acids is 1. The Morgan fingerprint density at radius 3 is 2.41 bits per heavy atom. The fourth-order valence-corrected chi connectivity index (χ4v) is 6.36. The fourth-order valence-electron chi connectivity index (χ4n) is 6.36.